The Morgan fingerprint density at radius 2 is 2.10 bits per heavy atom. The van der Waals surface area contributed by atoms with E-state index in [1.54, 1.807) is 20.1 Å². The number of aromatic nitrogens is 2. The molecule has 0 aliphatic rings. The fraction of sp³-hybridized carbons (Fsp3) is 0.417. The number of amides is 1. The SMILES string of the molecule is COCCNC(=O)C(C)Nc1c(Cl)cc(Cl)c2nsnc12. The van der Waals surface area contributed by atoms with Gasteiger partial charge in [0.05, 0.1) is 34.1 Å². The Balaban J connectivity index is 2.16. The van der Waals surface area contributed by atoms with E-state index in [0.29, 0.717) is 39.9 Å². The predicted octanol–water partition coefficient (Wildman–Crippen LogP) is 2.56. The highest BCUT2D eigenvalue weighted by atomic mass is 35.5. The van der Waals surface area contributed by atoms with Crippen LogP contribution in [0.2, 0.25) is 10.0 Å². The molecule has 0 saturated heterocycles. The maximum atomic E-state index is 11.9. The van der Waals surface area contributed by atoms with Gasteiger partial charge < -0.3 is 15.4 Å². The van der Waals surface area contributed by atoms with Crippen LogP contribution in [0.3, 0.4) is 0 Å². The Kier molecular flexibility index (Phi) is 5.58. The predicted molar refractivity (Wildman–Crippen MR) is 85.4 cm³/mol. The zero-order valence-corrected chi connectivity index (χ0v) is 13.8. The third-order valence-corrected chi connectivity index (χ3v) is 3.92. The Morgan fingerprint density at radius 3 is 2.81 bits per heavy atom. The molecular weight excluding hydrogens is 335 g/mol. The maximum absolute atomic E-state index is 11.9. The Morgan fingerprint density at radius 1 is 1.38 bits per heavy atom. The third-order valence-electron chi connectivity index (χ3n) is 2.80. The number of fused-ring (bicyclic) bond motifs is 1. The van der Waals surface area contributed by atoms with E-state index in [2.05, 4.69) is 19.4 Å². The van der Waals surface area contributed by atoms with Gasteiger partial charge in [-0.05, 0) is 13.0 Å². The summed E-state index contributed by atoms with van der Waals surface area (Å²) >= 11 is 13.3. The van der Waals surface area contributed by atoms with Crippen molar-refractivity contribution in [2.75, 3.05) is 25.6 Å². The van der Waals surface area contributed by atoms with Gasteiger partial charge in [-0.1, -0.05) is 23.2 Å². The van der Waals surface area contributed by atoms with Gasteiger partial charge >= 0.3 is 0 Å². The van der Waals surface area contributed by atoms with E-state index in [1.165, 1.54) is 0 Å². The summed E-state index contributed by atoms with van der Waals surface area (Å²) in [6.07, 6.45) is 0. The van der Waals surface area contributed by atoms with Crippen LogP contribution >= 0.6 is 34.9 Å². The largest absolute Gasteiger partial charge is 0.383 e. The molecule has 21 heavy (non-hydrogen) atoms. The second-order valence-electron chi connectivity index (χ2n) is 4.33. The molecule has 0 bridgehead atoms. The number of anilines is 1. The zero-order chi connectivity index (χ0) is 15.4. The lowest BCUT2D eigenvalue weighted by atomic mass is 10.2. The molecular formula is C12H14Cl2N4O2S. The molecule has 1 amide bonds. The summed E-state index contributed by atoms with van der Waals surface area (Å²) in [5.41, 5.74) is 1.69. The molecule has 0 aliphatic heterocycles. The zero-order valence-electron chi connectivity index (χ0n) is 11.4. The molecule has 0 saturated carbocycles. The lowest BCUT2D eigenvalue weighted by Gasteiger charge is -2.16. The second-order valence-corrected chi connectivity index (χ2v) is 5.67. The number of ether oxygens (including phenoxy) is 1. The molecule has 114 valence electrons. The van der Waals surface area contributed by atoms with E-state index in [4.69, 9.17) is 27.9 Å². The van der Waals surface area contributed by atoms with Crippen LogP contribution in [0.1, 0.15) is 6.92 Å². The molecule has 0 radical (unpaired) electrons. The minimum atomic E-state index is -0.481. The molecule has 1 aromatic heterocycles. The summed E-state index contributed by atoms with van der Waals surface area (Å²) in [6.45, 7) is 2.64. The lowest BCUT2D eigenvalue weighted by Crippen LogP contribution is -2.39. The van der Waals surface area contributed by atoms with E-state index >= 15 is 0 Å². The van der Waals surface area contributed by atoms with Crippen molar-refractivity contribution in [1.29, 1.82) is 0 Å². The van der Waals surface area contributed by atoms with Crippen LogP contribution in [-0.4, -0.2) is 41.0 Å². The standard InChI is InChI=1S/C12H14Cl2N4O2S/c1-6(12(19)15-3-4-20-2)16-9-7(13)5-8(14)10-11(9)18-21-17-10/h5-6,16H,3-4H2,1-2H3,(H,15,19). The van der Waals surface area contributed by atoms with E-state index in [0.717, 1.165) is 11.7 Å². The number of carbonyl (C=O) groups is 1. The molecule has 2 rings (SSSR count). The molecule has 9 heteroatoms. The van der Waals surface area contributed by atoms with Crippen molar-refractivity contribution in [1.82, 2.24) is 14.1 Å². The van der Waals surface area contributed by atoms with Crippen molar-refractivity contribution >= 4 is 57.6 Å². The molecule has 2 N–H and O–H groups in total. The summed E-state index contributed by atoms with van der Waals surface area (Å²) in [4.78, 5) is 11.9. The van der Waals surface area contributed by atoms with Gasteiger partial charge in [-0.3, -0.25) is 4.79 Å². The first-order valence-electron chi connectivity index (χ1n) is 6.18. The average molecular weight is 349 g/mol. The summed E-state index contributed by atoms with van der Waals surface area (Å²) in [7, 11) is 1.58. The van der Waals surface area contributed by atoms with Gasteiger partial charge in [0.2, 0.25) is 5.91 Å². The molecule has 1 unspecified atom stereocenters. The summed E-state index contributed by atoms with van der Waals surface area (Å²) in [5.74, 6) is -0.158. The van der Waals surface area contributed by atoms with Gasteiger partial charge in [0.25, 0.3) is 0 Å². The summed E-state index contributed by atoms with van der Waals surface area (Å²) in [6, 6.07) is 1.11. The van der Waals surface area contributed by atoms with Crippen molar-refractivity contribution in [3.63, 3.8) is 0 Å². The molecule has 2 aromatic rings. The fourth-order valence-electron chi connectivity index (χ4n) is 1.72. The number of halogens is 2. The van der Waals surface area contributed by atoms with Crippen molar-refractivity contribution in [3.8, 4) is 0 Å². The molecule has 1 atom stereocenters. The van der Waals surface area contributed by atoms with Gasteiger partial charge in [-0.15, -0.1) is 0 Å². The van der Waals surface area contributed by atoms with Crippen molar-refractivity contribution in [2.24, 2.45) is 0 Å². The number of methoxy groups -OCH3 is 1. The van der Waals surface area contributed by atoms with Crippen molar-refractivity contribution < 1.29 is 9.53 Å². The fourth-order valence-corrected chi connectivity index (χ4v) is 2.89. The first kappa shape index (κ1) is 16.2. The highest BCUT2D eigenvalue weighted by Crippen LogP contribution is 2.35. The van der Waals surface area contributed by atoms with E-state index in [9.17, 15) is 4.79 Å². The highest BCUT2D eigenvalue weighted by Gasteiger charge is 2.18. The maximum Gasteiger partial charge on any atom is 0.242 e. The minimum absolute atomic E-state index is 0.158. The second kappa shape index (κ2) is 7.22. The van der Waals surface area contributed by atoms with E-state index in [1.807, 2.05) is 0 Å². The van der Waals surface area contributed by atoms with Gasteiger partial charge in [0, 0.05) is 13.7 Å². The first-order valence-corrected chi connectivity index (χ1v) is 7.66. The van der Waals surface area contributed by atoms with Crippen LogP contribution in [0, 0.1) is 0 Å². The average Bonchev–Trinajstić information content (AvgIpc) is 2.93. The molecule has 1 heterocycles. The molecule has 1 aromatic carbocycles. The third kappa shape index (κ3) is 3.74. The summed E-state index contributed by atoms with van der Waals surface area (Å²) in [5, 5.41) is 6.64. The lowest BCUT2D eigenvalue weighted by molar-refractivity contribution is -0.121. The van der Waals surface area contributed by atoms with Crippen LogP contribution in [0.15, 0.2) is 6.07 Å². The monoisotopic (exact) mass is 348 g/mol. The van der Waals surface area contributed by atoms with Crippen molar-refractivity contribution in [3.05, 3.63) is 16.1 Å². The number of benzene rings is 1. The molecule has 0 fully saturated rings. The van der Waals surface area contributed by atoms with E-state index < -0.39 is 6.04 Å². The molecule has 0 aliphatic carbocycles. The number of hydrogen-bond donors (Lipinski definition) is 2. The van der Waals surface area contributed by atoms with Crippen LogP contribution in [-0.2, 0) is 9.53 Å². The Hall–Kier alpha value is -1.15. The van der Waals surface area contributed by atoms with Crippen molar-refractivity contribution in [2.45, 2.75) is 13.0 Å². The molecule has 6 nitrogen and oxygen atoms in total. The number of rotatable bonds is 6. The van der Waals surface area contributed by atoms with Gasteiger partial charge in [0.1, 0.15) is 17.1 Å². The number of nitrogens with zero attached hydrogens (tertiary/aromatic N) is 2. The van der Waals surface area contributed by atoms with Gasteiger partial charge in [-0.2, -0.15) is 8.75 Å². The Labute approximate surface area is 136 Å². The normalized spacial score (nSPS) is 12.4. The summed E-state index contributed by atoms with van der Waals surface area (Å²) < 4.78 is 13.2. The smallest absolute Gasteiger partial charge is 0.242 e. The van der Waals surface area contributed by atoms with Gasteiger partial charge in [0.15, 0.2) is 0 Å². The Bertz CT molecular complexity index is 649. The molecule has 0 spiro atoms. The van der Waals surface area contributed by atoms with Gasteiger partial charge in [-0.25, -0.2) is 0 Å². The van der Waals surface area contributed by atoms with Crippen LogP contribution < -0.4 is 10.6 Å². The number of hydrogen-bond acceptors (Lipinski definition) is 6. The highest BCUT2D eigenvalue weighted by molar-refractivity contribution is 7.00. The quantitative estimate of drug-likeness (QED) is 0.784. The first-order chi connectivity index (χ1) is 10.0. The minimum Gasteiger partial charge on any atom is -0.383 e. The van der Waals surface area contributed by atoms with Crippen LogP contribution in [0.25, 0.3) is 11.0 Å². The number of nitrogens with one attached hydrogen (secondary N) is 2. The van der Waals surface area contributed by atoms with Crippen LogP contribution in [0.4, 0.5) is 5.69 Å². The topological polar surface area (TPSA) is 76.1 Å². The van der Waals surface area contributed by atoms with E-state index in [-0.39, 0.29) is 5.91 Å². The van der Waals surface area contributed by atoms with Crippen LogP contribution in [0.5, 0.6) is 0 Å². The number of carbonyl (C=O) groups excluding carboxylic acids is 1.